The van der Waals surface area contributed by atoms with Crippen molar-refractivity contribution in [1.82, 2.24) is 5.32 Å². The fourth-order valence-corrected chi connectivity index (χ4v) is 2.98. The van der Waals surface area contributed by atoms with Crippen molar-refractivity contribution in [2.24, 2.45) is 0 Å². The van der Waals surface area contributed by atoms with Crippen molar-refractivity contribution in [2.75, 3.05) is 13.2 Å². The highest BCUT2D eigenvalue weighted by molar-refractivity contribution is 6.31. The molecule has 0 saturated carbocycles. The van der Waals surface area contributed by atoms with Gasteiger partial charge in [-0.05, 0) is 55.3 Å². The normalized spacial score (nSPS) is 10.4. The Kier molecular flexibility index (Phi) is 7.14. The first-order valence-electron chi connectivity index (χ1n) is 9.47. The van der Waals surface area contributed by atoms with Crippen molar-refractivity contribution in [3.8, 4) is 11.5 Å². The molecule has 3 aromatic carbocycles. The number of benzene rings is 3. The van der Waals surface area contributed by atoms with Crippen LogP contribution >= 0.6 is 11.6 Å². The quantitative estimate of drug-likeness (QED) is 0.510. The molecular weight excluding hydrogens is 386 g/mol. The van der Waals surface area contributed by atoms with Gasteiger partial charge in [-0.15, -0.1) is 0 Å². The van der Waals surface area contributed by atoms with Gasteiger partial charge in [0.1, 0.15) is 24.7 Å². The van der Waals surface area contributed by atoms with Crippen molar-refractivity contribution in [1.29, 1.82) is 0 Å². The third-order valence-electron chi connectivity index (χ3n) is 4.44. The molecule has 29 heavy (non-hydrogen) atoms. The molecule has 0 fully saturated rings. The lowest BCUT2D eigenvalue weighted by atomic mass is 10.1. The van der Waals surface area contributed by atoms with Crippen LogP contribution in [0.4, 0.5) is 0 Å². The molecule has 0 bridgehead atoms. The summed E-state index contributed by atoms with van der Waals surface area (Å²) < 4.78 is 11.6. The van der Waals surface area contributed by atoms with E-state index in [0.717, 1.165) is 22.4 Å². The lowest BCUT2D eigenvalue weighted by Crippen LogP contribution is -2.28. The molecule has 3 rings (SSSR count). The van der Waals surface area contributed by atoms with Crippen LogP contribution in [0, 0.1) is 13.8 Å². The third-order valence-corrected chi connectivity index (χ3v) is 4.81. The largest absolute Gasteiger partial charge is 0.491 e. The Morgan fingerprint density at radius 2 is 1.79 bits per heavy atom. The summed E-state index contributed by atoms with van der Waals surface area (Å²) in [7, 11) is 0. The first-order chi connectivity index (χ1) is 14.0. The monoisotopic (exact) mass is 409 g/mol. The van der Waals surface area contributed by atoms with Gasteiger partial charge in [0, 0.05) is 16.1 Å². The van der Waals surface area contributed by atoms with Gasteiger partial charge in [-0.1, -0.05) is 48.0 Å². The van der Waals surface area contributed by atoms with E-state index in [1.807, 2.05) is 62.4 Å². The van der Waals surface area contributed by atoms with Crippen LogP contribution in [0.15, 0.2) is 66.7 Å². The molecule has 1 amide bonds. The molecule has 0 saturated heterocycles. The Labute approximate surface area is 176 Å². The standard InChI is InChI=1S/C24H24ClNO3/c1-17-10-11-18(2)23(14-17)28-13-12-26-24(27)19-7-5-8-21(15-19)29-16-20-6-3-4-9-22(20)25/h3-11,14-15H,12-13,16H2,1-2H3,(H,26,27). The molecule has 0 aromatic heterocycles. The van der Waals surface area contributed by atoms with Gasteiger partial charge < -0.3 is 14.8 Å². The van der Waals surface area contributed by atoms with Crippen LogP contribution in [0.3, 0.4) is 0 Å². The summed E-state index contributed by atoms with van der Waals surface area (Å²) in [6.07, 6.45) is 0. The minimum Gasteiger partial charge on any atom is -0.491 e. The van der Waals surface area contributed by atoms with Crippen LogP contribution in [-0.2, 0) is 6.61 Å². The van der Waals surface area contributed by atoms with Gasteiger partial charge in [-0.3, -0.25) is 4.79 Å². The smallest absolute Gasteiger partial charge is 0.251 e. The number of aryl methyl sites for hydroxylation is 2. The number of rotatable bonds is 8. The Bertz CT molecular complexity index is 987. The van der Waals surface area contributed by atoms with Crippen molar-refractivity contribution in [3.05, 3.63) is 94.0 Å². The van der Waals surface area contributed by atoms with Crippen molar-refractivity contribution in [2.45, 2.75) is 20.5 Å². The van der Waals surface area contributed by atoms with E-state index in [-0.39, 0.29) is 5.91 Å². The molecule has 0 atom stereocenters. The van der Waals surface area contributed by atoms with E-state index in [9.17, 15) is 4.79 Å². The highest BCUT2D eigenvalue weighted by atomic mass is 35.5. The molecule has 5 heteroatoms. The molecule has 0 heterocycles. The van der Waals surface area contributed by atoms with E-state index in [0.29, 0.717) is 36.1 Å². The first kappa shape index (κ1) is 20.7. The minimum atomic E-state index is -0.169. The zero-order valence-electron chi connectivity index (χ0n) is 16.6. The molecule has 0 spiro atoms. The molecule has 4 nitrogen and oxygen atoms in total. The maximum atomic E-state index is 12.4. The SMILES string of the molecule is Cc1ccc(C)c(OCCNC(=O)c2cccc(OCc3ccccc3Cl)c2)c1. The van der Waals surface area contributed by atoms with Crippen LogP contribution in [0.2, 0.25) is 5.02 Å². The lowest BCUT2D eigenvalue weighted by Gasteiger charge is -2.11. The molecule has 3 aromatic rings. The second-order valence-electron chi connectivity index (χ2n) is 6.78. The minimum absolute atomic E-state index is 0.169. The maximum Gasteiger partial charge on any atom is 0.251 e. The molecule has 150 valence electrons. The number of carbonyl (C=O) groups is 1. The van der Waals surface area contributed by atoms with Gasteiger partial charge >= 0.3 is 0 Å². The van der Waals surface area contributed by atoms with Crippen LogP contribution in [0.1, 0.15) is 27.0 Å². The van der Waals surface area contributed by atoms with Crippen LogP contribution < -0.4 is 14.8 Å². The fraction of sp³-hybridized carbons (Fsp3) is 0.208. The highest BCUT2D eigenvalue weighted by Gasteiger charge is 2.08. The molecular formula is C24H24ClNO3. The highest BCUT2D eigenvalue weighted by Crippen LogP contribution is 2.20. The van der Waals surface area contributed by atoms with Crippen molar-refractivity contribution in [3.63, 3.8) is 0 Å². The van der Waals surface area contributed by atoms with Gasteiger partial charge in [-0.2, -0.15) is 0 Å². The van der Waals surface area contributed by atoms with Crippen molar-refractivity contribution >= 4 is 17.5 Å². The lowest BCUT2D eigenvalue weighted by molar-refractivity contribution is 0.0946. The summed E-state index contributed by atoms with van der Waals surface area (Å²) in [6.45, 7) is 5.18. The van der Waals surface area contributed by atoms with E-state index in [2.05, 4.69) is 5.32 Å². The summed E-state index contributed by atoms with van der Waals surface area (Å²) in [5.41, 5.74) is 3.65. The Morgan fingerprint density at radius 3 is 2.62 bits per heavy atom. The van der Waals surface area contributed by atoms with Crippen molar-refractivity contribution < 1.29 is 14.3 Å². The molecule has 1 N–H and O–H groups in total. The van der Waals surface area contributed by atoms with E-state index in [1.165, 1.54) is 0 Å². The zero-order chi connectivity index (χ0) is 20.6. The number of ether oxygens (including phenoxy) is 2. The Balaban J connectivity index is 1.50. The average Bonchev–Trinajstić information content (AvgIpc) is 2.73. The maximum absolute atomic E-state index is 12.4. The number of carbonyl (C=O) groups excluding carboxylic acids is 1. The molecule has 0 unspecified atom stereocenters. The predicted molar refractivity (Wildman–Crippen MR) is 116 cm³/mol. The topological polar surface area (TPSA) is 47.6 Å². The summed E-state index contributed by atoms with van der Waals surface area (Å²) in [5, 5.41) is 3.53. The molecule has 0 aliphatic heterocycles. The van der Waals surface area contributed by atoms with Gasteiger partial charge in [0.25, 0.3) is 5.91 Å². The molecule has 0 aliphatic carbocycles. The number of hydrogen-bond donors (Lipinski definition) is 1. The zero-order valence-corrected chi connectivity index (χ0v) is 17.3. The summed E-state index contributed by atoms with van der Waals surface area (Å²) in [6, 6.07) is 20.7. The van der Waals surface area contributed by atoms with Gasteiger partial charge in [0.05, 0.1) is 6.54 Å². The summed E-state index contributed by atoms with van der Waals surface area (Å²) >= 11 is 6.15. The fourth-order valence-electron chi connectivity index (χ4n) is 2.79. The number of nitrogens with one attached hydrogen (secondary N) is 1. The molecule has 0 radical (unpaired) electrons. The van der Waals surface area contributed by atoms with Crippen LogP contribution in [0.25, 0.3) is 0 Å². The van der Waals surface area contributed by atoms with Gasteiger partial charge in [0.15, 0.2) is 0 Å². The van der Waals surface area contributed by atoms with Crippen LogP contribution in [-0.4, -0.2) is 19.1 Å². The predicted octanol–water partition coefficient (Wildman–Crippen LogP) is 5.34. The second kappa shape index (κ2) is 9.99. The Morgan fingerprint density at radius 1 is 0.966 bits per heavy atom. The summed E-state index contributed by atoms with van der Waals surface area (Å²) in [5.74, 6) is 1.29. The van der Waals surface area contributed by atoms with E-state index in [4.69, 9.17) is 21.1 Å². The molecule has 0 aliphatic rings. The summed E-state index contributed by atoms with van der Waals surface area (Å²) in [4.78, 5) is 12.4. The van der Waals surface area contributed by atoms with E-state index < -0.39 is 0 Å². The third kappa shape index (κ3) is 6.00. The number of hydrogen-bond acceptors (Lipinski definition) is 3. The van der Waals surface area contributed by atoms with E-state index in [1.54, 1.807) is 18.2 Å². The van der Waals surface area contributed by atoms with Gasteiger partial charge in [0.2, 0.25) is 0 Å². The Hall–Kier alpha value is -2.98. The van der Waals surface area contributed by atoms with Crippen LogP contribution in [0.5, 0.6) is 11.5 Å². The number of halogens is 1. The van der Waals surface area contributed by atoms with Gasteiger partial charge in [-0.25, -0.2) is 0 Å². The first-order valence-corrected chi connectivity index (χ1v) is 9.85. The average molecular weight is 410 g/mol. The number of amides is 1. The van der Waals surface area contributed by atoms with E-state index >= 15 is 0 Å². The second-order valence-corrected chi connectivity index (χ2v) is 7.19.